The van der Waals surface area contributed by atoms with Crippen molar-refractivity contribution in [2.45, 2.75) is 11.3 Å². The predicted molar refractivity (Wildman–Crippen MR) is 165 cm³/mol. The van der Waals surface area contributed by atoms with Gasteiger partial charge in [0.25, 0.3) is 0 Å². The Morgan fingerprint density at radius 2 is 1.29 bits per heavy atom. The van der Waals surface area contributed by atoms with Crippen molar-refractivity contribution in [3.8, 4) is 23.0 Å². The highest BCUT2D eigenvalue weighted by molar-refractivity contribution is 5.90. The minimum absolute atomic E-state index is 0.145. The van der Waals surface area contributed by atoms with Crippen LogP contribution >= 0.6 is 0 Å². The van der Waals surface area contributed by atoms with Crippen molar-refractivity contribution in [2.24, 2.45) is 0 Å². The molecule has 0 aliphatic heterocycles. The Labute approximate surface area is 245 Å². The molecule has 42 heavy (non-hydrogen) atoms. The normalized spacial score (nSPS) is 15.1. The standard InChI is InChI=1S/C37H31NO4/c1-40-27-17-14-23(15-18-27)34-31-22-26(39)16-19-32(31)37(24-8-6-10-28(20-24)41-2,25-9-7-11-29(21-25)42-3)36-35(34)30-12-4-5-13-33(30)38-36/h4-22,34,38-39H,1-3H3. The molecular weight excluding hydrogens is 522 g/mol. The molecule has 0 amide bonds. The Balaban J connectivity index is 1.68. The van der Waals surface area contributed by atoms with Crippen LogP contribution in [0.25, 0.3) is 10.9 Å². The van der Waals surface area contributed by atoms with Gasteiger partial charge in [-0.2, -0.15) is 0 Å². The van der Waals surface area contributed by atoms with E-state index < -0.39 is 5.41 Å². The van der Waals surface area contributed by atoms with Crippen LogP contribution < -0.4 is 14.2 Å². The number of hydrogen-bond acceptors (Lipinski definition) is 4. The molecule has 0 spiro atoms. The maximum absolute atomic E-state index is 11.0. The third-order valence-corrected chi connectivity index (χ3v) is 8.61. The predicted octanol–water partition coefficient (Wildman–Crippen LogP) is 7.78. The summed E-state index contributed by atoms with van der Waals surface area (Å²) in [6, 6.07) is 39.0. The summed E-state index contributed by atoms with van der Waals surface area (Å²) in [5.74, 6) is 2.41. The summed E-state index contributed by atoms with van der Waals surface area (Å²) in [4.78, 5) is 3.89. The fraction of sp³-hybridized carbons (Fsp3) is 0.135. The lowest BCUT2D eigenvalue weighted by Gasteiger charge is -2.43. The number of aromatic nitrogens is 1. The maximum atomic E-state index is 11.0. The Morgan fingerprint density at radius 1 is 0.643 bits per heavy atom. The average Bonchev–Trinajstić information content (AvgIpc) is 3.43. The van der Waals surface area contributed by atoms with Crippen molar-refractivity contribution >= 4 is 10.9 Å². The Hall–Kier alpha value is -5.16. The van der Waals surface area contributed by atoms with Crippen LogP contribution in [-0.2, 0) is 5.41 Å². The smallest absolute Gasteiger partial charge is 0.119 e. The number of H-pyrrole nitrogens is 1. The molecule has 6 aromatic rings. The van der Waals surface area contributed by atoms with Gasteiger partial charge in [0.15, 0.2) is 0 Å². The minimum Gasteiger partial charge on any atom is -0.508 e. The van der Waals surface area contributed by atoms with Crippen LogP contribution in [0.2, 0.25) is 0 Å². The lowest BCUT2D eigenvalue weighted by Crippen LogP contribution is -2.37. The van der Waals surface area contributed by atoms with Crippen molar-refractivity contribution in [1.82, 2.24) is 4.98 Å². The van der Waals surface area contributed by atoms with Crippen LogP contribution in [0.5, 0.6) is 23.0 Å². The second kappa shape index (κ2) is 10.0. The van der Waals surface area contributed by atoms with Gasteiger partial charge in [-0.1, -0.05) is 60.7 Å². The van der Waals surface area contributed by atoms with E-state index in [1.807, 2.05) is 42.5 Å². The van der Waals surface area contributed by atoms with E-state index in [-0.39, 0.29) is 11.7 Å². The van der Waals surface area contributed by atoms with E-state index in [2.05, 4.69) is 71.7 Å². The Morgan fingerprint density at radius 3 is 1.93 bits per heavy atom. The molecule has 1 aliphatic rings. The van der Waals surface area contributed by atoms with Gasteiger partial charge < -0.3 is 24.3 Å². The van der Waals surface area contributed by atoms with E-state index in [4.69, 9.17) is 14.2 Å². The lowest BCUT2D eigenvalue weighted by atomic mass is 9.58. The van der Waals surface area contributed by atoms with E-state index in [0.717, 1.165) is 61.7 Å². The first-order valence-electron chi connectivity index (χ1n) is 14.0. The van der Waals surface area contributed by atoms with Crippen molar-refractivity contribution in [3.63, 3.8) is 0 Å². The van der Waals surface area contributed by atoms with Gasteiger partial charge in [-0.15, -0.1) is 0 Å². The van der Waals surface area contributed by atoms with Gasteiger partial charge in [0, 0.05) is 22.5 Å². The molecule has 208 valence electrons. The molecule has 5 nitrogen and oxygen atoms in total. The highest BCUT2D eigenvalue weighted by Gasteiger charge is 2.49. The summed E-state index contributed by atoms with van der Waals surface area (Å²) in [5, 5.41) is 12.1. The molecule has 1 aromatic heterocycles. The van der Waals surface area contributed by atoms with E-state index in [0.29, 0.717) is 0 Å². The molecule has 1 unspecified atom stereocenters. The number of para-hydroxylation sites is 1. The molecule has 5 heteroatoms. The number of rotatable bonds is 6. The molecule has 0 fully saturated rings. The van der Waals surface area contributed by atoms with Gasteiger partial charge >= 0.3 is 0 Å². The van der Waals surface area contributed by atoms with E-state index >= 15 is 0 Å². The molecule has 2 N–H and O–H groups in total. The van der Waals surface area contributed by atoms with Gasteiger partial charge in [0.1, 0.15) is 23.0 Å². The summed E-state index contributed by atoms with van der Waals surface area (Å²) >= 11 is 0. The second-order valence-electron chi connectivity index (χ2n) is 10.7. The van der Waals surface area contributed by atoms with Crippen molar-refractivity contribution in [2.75, 3.05) is 21.3 Å². The van der Waals surface area contributed by atoms with Crippen LogP contribution in [0.3, 0.4) is 0 Å². The number of nitrogens with one attached hydrogen (secondary N) is 1. The second-order valence-corrected chi connectivity index (χ2v) is 10.7. The van der Waals surface area contributed by atoms with Crippen LogP contribution in [0, 0.1) is 0 Å². The minimum atomic E-state index is -0.774. The van der Waals surface area contributed by atoms with Crippen molar-refractivity contribution in [1.29, 1.82) is 0 Å². The monoisotopic (exact) mass is 553 g/mol. The number of aromatic hydroxyl groups is 1. The van der Waals surface area contributed by atoms with Gasteiger partial charge in [0.05, 0.1) is 26.7 Å². The molecular formula is C37H31NO4. The fourth-order valence-corrected chi connectivity index (χ4v) is 6.80. The quantitative estimate of drug-likeness (QED) is 0.221. The van der Waals surface area contributed by atoms with E-state index in [9.17, 15) is 5.11 Å². The topological polar surface area (TPSA) is 63.7 Å². The number of phenols is 1. The molecule has 7 rings (SSSR count). The zero-order valence-corrected chi connectivity index (χ0v) is 23.7. The molecule has 0 bridgehead atoms. The SMILES string of the molecule is COc1ccc(C2c3cc(O)ccc3C(c3cccc(OC)c3)(c3cccc(OC)c3)c3[nH]c4ccccc4c32)cc1. The fourth-order valence-electron chi connectivity index (χ4n) is 6.80. The lowest BCUT2D eigenvalue weighted by molar-refractivity contribution is 0.412. The zero-order chi connectivity index (χ0) is 28.8. The largest absolute Gasteiger partial charge is 0.508 e. The highest BCUT2D eigenvalue weighted by atomic mass is 16.5. The number of methoxy groups -OCH3 is 3. The van der Waals surface area contributed by atoms with Crippen molar-refractivity contribution < 1.29 is 19.3 Å². The summed E-state index contributed by atoms with van der Waals surface area (Å²) in [6.45, 7) is 0. The number of ether oxygens (including phenoxy) is 3. The molecule has 0 saturated heterocycles. The molecule has 1 aliphatic carbocycles. The Kier molecular flexibility index (Phi) is 6.16. The van der Waals surface area contributed by atoms with Crippen LogP contribution in [0.15, 0.2) is 115 Å². The first-order valence-corrected chi connectivity index (χ1v) is 14.0. The average molecular weight is 554 g/mol. The molecule has 5 aromatic carbocycles. The number of benzene rings is 5. The number of phenolic OH excluding ortho intramolecular Hbond substituents is 1. The number of aromatic amines is 1. The molecule has 0 saturated carbocycles. The number of hydrogen-bond donors (Lipinski definition) is 2. The number of fused-ring (bicyclic) bond motifs is 4. The van der Waals surface area contributed by atoms with E-state index in [1.165, 1.54) is 5.56 Å². The Bertz CT molecular complexity index is 1870. The molecule has 1 atom stereocenters. The van der Waals surface area contributed by atoms with Crippen molar-refractivity contribution in [3.05, 3.63) is 154 Å². The van der Waals surface area contributed by atoms with Crippen LogP contribution in [0.4, 0.5) is 0 Å². The first-order chi connectivity index (χ1) is 20.6. The van der Waals surface area contributed by atoms with E-state index in [1.54, 1.807) is 27.4 Å². The first kappa shape index (κ1) is 25.8. The van der Waals surface area contributed by atoms with Gasteiger partial charge in [-0.05, 0) is 88.0 Å². The summed E-state index contributed by atoms with van der Waals surface area (Å²) in [6.07, 6.45) is 0. The van der Waals surface area contributed by atoms with Gasteiger partial charge in [0.2, 0.25) is 0 Å². The van der Waals surface area contributed by atoms with Gasteiger partial charge in [-0.25, -0.2) is 0 Å². The third-order valence-electron chi connectivity index (χ3n) is 8.61. The van der Waals surface area contributed by atoms with Crippen LogP contribution in [0.1, 0.15) is 45.0 Å². The maximum Gasteiger partial charge on any atom is 0.119 e. The summed E-state index contributed by atoms with van der Waals surface area (Å²) in [5.41, 5.74) is 7.81. The third kappa shape index (κ3) is 3.77. The van der Waals surface area contributed by atoms with Gasteiger partial charge in [-0.3, -0.25) is 0 Å². The molecule has 1 heterocycles. The molecule has 0 radical (unpaired) electrons. The summed E-state index contributed by atoms with van der Waals surface area (Å²) in [7, 11) is 5.06. The van der Waals surface area contributed by atoms with Crippen LogP contribution in [-0.4, -0.2) is 31.4 Å². The zero-order valence-electron chi connectivity index (χ0n) is 23.7. The highest BCUT2D eigenvalue weighted by Crippen LogP contribution is 2.58. The summed E-state index contributed by atoms with van der Waals surface area (Å²) < 4.78 is 17.0.